The van der Waals surface area contributed by atoms with Crippen LogP contribution in [0.2, 0.25) is 0 Å². The summed E-state index contributed by atoms with van der Waals surface area (Å²) in [6, 6.07) is 9.51. The van der Waals surface area contributed by atoms with Gasteiger partial charge < -0.3 is 20.9 Å². The highest BCUT2D eigenvalue weighted by atomic mass is 19.4. The molecule has 2 amide bonds. The minimum Gasteiger partial charge on any atom is -0.356 e. The van der Waals surface area contributed by atoms with Gasteiger partial charge in [0.25, 0.3) is 0 Å². The Bertz CT molecular complexity index is 925. The zero-order valence-corrected chi connectivity index (χ0v) is 19.8. The van der Waals surface area contributed by atoms with Crippen LogP contribution >= 0.6 is 0 Å². The van der Waals surface area contributed by atoms with Crippen molar-refractivity contribution in [2.45, 2.75) is 58.8 Å². The van der Waals surface area contributed by atoms with E-state index in [-0.39, 0.29) is 6.54 Å². The first-order chi connectivity index (χ1) is 16.3. The molecular weight excluding hydrogens is 443 g/mol. The lowest BCUT2D eigenvalue weighted by Crippen LogP contribution is -2.35. The van der Waals surface area contributed by atoms with Gasteiger partial charge >= 0.3 is 12.2 Å². The van der Waals surface area contributed by atoms with Crippen molar-refractivity contribution >= 4 is 17.5 Å². The maximum absolute atomic E-state index is 13.3. The van der Waals surface area contributed by atoms with Gasteiger partial charge in [-0.05, 0) is 55.5 Å². The predicted molar refractivity (Wildman–Crippen MR) is 129 cm³/mol. The number of hydrogen-bond donors (Lipinski definition) is 3. The van der Waals surface area contributed by atoms with Crippen molar-refractivity contribution in [3.05, 3.63) is 53.2 Å². The van der Waals surface area contributed by atoms with Gasteiger partial charge in [-0.1, -0.05) is 38.5 Å². The number of nitrogens with one attached hydrogen (secondary N) is 3. The molecule has 0 atom stereocenters. The molecule has 1 aromatic carbocycles. The van der Waals surface area contributed by atoms with Crippen LogP contribution < -0.4 is 20.9 Å². The zero-order chi connectivity index (χ0) is 24.6. The fourth-order valence-corrected chi connectivity index (χ4v) is 3.86. The number of anilines is 2. The highest BCUT2D eigenvalue weighted by Crippen LogP contribution is 2.32. The molecule has 3 N–H and O–H groups in total. The lowest BCUT2D eigenvalue weighted by molar-refractivity contribution is -0.141. The Labute approximate surface area is 199 Å². The molecule has 2 aromatic rings. The molecule has 9 heteroatoms. The first-order valence-electron chi connectivity index (χ1n) is 11.9. The summed E-state index contributed by atoms with van der Waals surface area (Å²) in [6.07, 6.45) is -0.442. The van der Waals surface area contributed by atoms with Gasteiger partial charge in [0.05, 0.1) is 0 Å². The van der Waals surface area contributed by atoms with Crippen molar-refractivity contribution in [1.29, 1.82) is 0 Å². The molecule has 1 aliphatic rings. The highest BCUT2D eigenvalue weighted by Gasteiger charge is 2.34. The molecule has 6 nitrogen and oxygen atoms in total. The number of amides is 2. The number of pyridine rings is 1. The van der Waals surface area contributed by atoms with Crippen LogP contribution in [0.3, 0.4) is 0 Å². The second kappa shape index (κ2) is 12.1. The van der Waals surface area contributed by atoms with E-state index in [0.29, 0.717) is 36.1 Å². The van der Waals surface area contributed by atoms with Gasteiger partial charge in [0.15, 0.2) is 0 Å². The van der Waals surface area contributed by atoms with Gasteiger partial charge in [0.1, 0.15) is 11.5 Å². The molecule has 0 bridgehead atoms. The number of nitrogens with zero attached hydrogens (tertiary/aromatic N) is 2. The van der Waals surface area contributed by atoms with Crippen LogP contribution in [0.1, 0.15) is 56.4 Å². The lowest BCUT2D eigenvalue weighted by Gasteiger charge is -2.33. The van der Waals surface area contributed by atoms with Crippen LogP contribution in [0.15, 0.2) is 36.4 Å². The molecular formula is C25H34F3N5O. The van der Waals surface area contributed by atoms with Crippen LogP contribution in [0.4, 0.5) is 29.5 Å². The standard InChI is InChI=1S/C25H34F3N5O/c1-3-4-13-29-16-19-5-8-21(9-6-19)31-24(34)30-17-20-7-10-22(25(26,27)28)32-23(20)33-14-11-18(2)12-15-33/h5-10,18,29H,3-4,11-17H2,1-2H3,(H2,30,31,34). The summed E-state index contributed by atoms with van der Waals surface area (Å²) < 4.78 is 39.8. The topological polar surface area (TPSA) is 69.3 Å². The second-order valence-electron chi connectivity index (χ2n) is 8.88. The number of carbonyl (C=O) groups is 1. The van der Waals surface area contributed by atoms with Gasteiger partial charge in [0, 0.05) is 37.4 Å². The van der Waals surface area contributed by atoms with E-state index in [1.54, 1.807) is 0 Å². The van der Waals surface area contributed by atoms with Crippen molar-refractivity contribution in [3.8, 4) is 0 Å². The molecule has 3 rings (SSSR count). The van der Waals surface area contributed by atoms with E-state index in [0.717, 1.165) is 50.4 Å². The number of aromatic nitrogens is 1. The molecule has 0 radical (unpaired) electrons. The Kier molecular flexibility index (Phi) is 9.15. The predicted octanol–water partition coefficient (Wildman–Crippen LogP) is 5.55. The molecule has 1 aliphatic heterocycles. The quantitative estimate of drug-likeness (QED) is 0.415. The maximum Gasteiger partial charge on any atom is 0.433 e. The van der Waals surface area contributed by atoms with E-state index in [1.807, 2.05) is 29.2 Å². The number of urea groups is 1. The van der Waals surface area contributed by atoms with Crippen LogP contribution in [0.5, 0.6) is 0 Å². The summed E-state index contributed by atoms with van der Waals surface area (Å²) >= 11 is 0. The summed E-state index contributed by atoms with van der Waals surface area (Å²) in [4.78, 5) is 18.2. The molecule has 186 valence electrons. The number of piperidine rings is 1. The van der Waals surface area contributed by atoms with Crippen LogP contribution in [0.25, 0.3) is 0 Å². The summed E-state index contributed by atoms with van der Waals surface area (Å²) in [5.41, 5.74) is 1.41. The van der Waals surface area contributed by atoms with E-state index < -0.39 is 17.9 Å². The normalized spacial score (nSPS) is 14.8. The largest absolute Gasteiger partial charge is 0.433 e. The number of hydrogen-bond acceptors (Lipinski definition) is 4. The molecule has 0 unspecified atom stereocenters. The number of benzene rings is 1. The maximum atomic E-state index is 13.3. The highest BCUT2D eigenvalue weighted by molar-refractivity contribution is 5.89. The number of alkyl halides is 3. The van der Waals surface area contributed by atoms with Crippen LogP contribution in [-0.2, 0) is 19.3 Å². The lowest BCUT2D eigenvalue weighted by atomic mass is 9.99. The van der Waals surface area contributed by atoms with Gasteiger partial charge in [-0.3, -0.25) is 0 Å². The van der Waals surface area contributed by atoms with Crippen molar-refractivity contribution in [3.63, 3.8) is 0 Å². The average Bonchev–Trinajstić information content (AvgIpc) is 2.81. The second-order valence-corrected chi connectivity index (χ2v) is 8.88. The zero-order valence-electron chi connectivity index (χ0n) is 19.8. The monoisotopic (exact) mass is 477 g/mol. The number of rotatable bonds is 9. The average molecular weight is 478 g/mol. The van der Waals surface area contributed by atoms with E-state index in [4.69, 9.17) is 0 Å². The Morgan fingerprint density at radius 1 is 1.09 bits per heavy atom. The van der Waals surface area contributed by atoms with Gasteiger partial charge in [-0.25, -0.2) is 9.78 Å². The molecule has 0 aliphatic carbocycles. The summed E-state index contributed by atoms with van der Waals surface area (Å²) in [7, 11) is 0. The number of halogens is 3. The molecule has 1 saturated heterocycles. The third-order valence-electron chi connectivity index (χ3n) is 6.02. The molecule has 2 heterocycles. The summed E-state index contributed by atoms with van der Waals surface area (Å²) in [5, 5.41) is 8.89. The molecule has 0 spiro atoms. The van der Waals surface area contributed by atoms with Crippen molar-refractivity contribution < 1.29 is 18.0 Å². The third-order valence-corrected chi connectivity index (χ3v) is 6.02. The number of carbonyl (C=O) groups excluding carboxylic acids is 1. The van der Waals surface area contributed by atoms with Gasteiger partial charge in [0.2, 0.25) is 0 Å². The molecule has 0 saturated carbocycles. The molecule has 34 heavy (non-hydrogen) atoms. The fourth-order valence-electron chi connectivity index (χ4n) is 3.86. The minimum absolute atomic E-state index is 0.0811. The number of unbranched alkanes of at least 4 members (excludes halogenated alkanes) is 1. The molecule has 1 fully saturated rings. The van der Waals surface area contributed by atoms with E-state index in [9.17, 15) is 18.0 Å². The third kappa shape index (κ3) is 7.62. The Hall–Kier alpha value is -2.81. The van der Waals surface area contributed by atoms with Gasteiger partial charge in [-0.15, -0.1) is 0 Å². The van der Waals surface area contributed by atoms with Crippen LogP contribution in [0, 0.1) is 5.92 Å². The Morgan fingerprint density at radius 2 is 1.79 bits per heavy atom. The Balaban J connectivity index is 1.60. The summed E-state index contributed by atoms with van der Waals surface area (Å²) in [6.45, 7) is 7.40. The smallest absolute Gasteiger partial charge is 0.356 e. The SMILES string of the molecule is CCCCNCc1ccc(NC(=O)NCc2ccc(C(F)(F)F)nc2N2CCC(C)CC2)cc1. The van der Waals surface area contributed by atoms with Gasteiger partial charge in [-0.2, -0.15) is 13.2 Å². The first-order valence-corrected chi connectivity index (χ1v) is 11.9. The van der Waals surface area contributed by atoms with E-state index in [2.05, 4.69) is 34.8 Å². The minimum atomic E-state index is -4.52. The van der Waals surface area contributed by atoms with Crippen molar-refractivity contribution in [2.75, 3.05) is 29.9 Å². The summed E-state index contributed by atoms with van der Waals surface area (Å²) in [5.74, 6) is 0.829. The van der Waals surface area contributed by atoms with E-state index in [1.165, 1.54) is 6.07 Å². The van der Waals surface area contributed by atoms with E-state index >= 15 is 0 Å². The first kappa shape index (κ1) is 25.8. The van der Waals surface area contributed by atoms with Crippen molar-refractivity contribution in [2.24, 2.45) is 5.92 Å². The van der Waals surface area contributed by atoms with Crippen molar-refractivity contribution in [1.82, 2.24) is 15.6 Å². The Morgan fingerprint density at radius 3 is 2.44 bits per heavy atom. The van der Waals surface area contributed by atoms with Crippen LogP contribution in [-0.4, -0.2) is 30.6 Å². The fraction of sp³-hybridized carbons (Fsp3) is 0.520. The molecule has 1 aromatic heterocycles.